The van der Waals surface area contributed by atoms with Gasteiger partial charge in [0.15, 0.2) is 0 Å². The van der Waals surface area contributed by atoms with Crippen LogP contribution in [0.4, 0.5) is 0 Å². The van der Waals surface area contributed by atoms with E-state index in [-0.39, 0.29) is 11.8 Å². The molecule has 1 unspecified atom stereocenters. The van der Waals surface area contributed by atoms with Crippen LogP contribution in [0.25, 0.3) is 0 Å². The fraction of sp³-hybridized carbons (Fsp3) is 0.455. The van der Waals surface area contributed by atoms with Gasteiger partial charge in [-0.1, -0.05) is 19.9 Å². The van der Waals surface area contributed by atoms with Gasteiger partial charge in [-0.2, -0.15) is 5.26 Å². The second kappa shape index (κ2) is 5.52. The van der Waals surface area contributed by atoms with Crippen molar-refractivity contribution in [3.05, 3.63) is 22.4 Å². The maximum absolute atomic E-state index is 11.6. The highest BCUT2D eigenvalue weighted by Crippen LogP contribution is 2.11. The van der Waals surface area contributed by atoms with Crippen LogP contribution in [0.5, 0.6) is 0 Å². The Hall–Kier alpha value is -1.34. The van der Waals surface area contributed by atoms with E-state index >= 15 is 0 Å². The molecule has 4 heteroatoms. The molecule has 0 fully saturated rings. The van der Waals surface area contributed by atoms with Crippen molar-refractivity contribution in [2.75, 3.05) is 0 Å². The van der Waals surface area contributed by atoms with E-state index in [9.17, 15) is 4.79 Å². The van der Waals surface area contributed by atoms with E-state index in [1.807, 2.05) is 37.4 Å². The molecule has 1 N–H and O–H groups in total. The molecule has 0 saturated heterocycles. The normalized spacial score (nSPS) is 12.1. The van der Waals surface area contributed by atoms with Gasteiger partial charge < -0.3 is 5.32 Å². The average molecular weight is 222 g/mol. The summed E-state index contributed by atoms with van der Waals surface area (Å²) in [5.74, 6) is -0.677. The fourth-order valence-corrected chi connectivity index (χ4v) is 1.85. The van der Waals surface area contributed by atoms with Crippen molar-refractivity contribution in [3.63, 3.8) is 0 Å². The summed E-state index contributed by atoms with van der Waals surface area (Å²) in [6.07, 6.45) is 0. The van der Waals surface area contributed by atoms with E-state index in [2.05, 4.69) is 5.32 Å². The maximum atomic E-state index is 11.6. The van der Waals surface area contributed by atoms with E-state index < -0.39 is 5.92 Å². The van der Waals surface area contributed by atoms with E-state index in [4.69, 9.17) is 5.26 Å². The van der Waals surface area contributed by atoms with E-state index in [1.54, 1.807) is 11.3 Å². The molecule has 15 heavy (non-hydrogen) atoms. The van der Waals surface area contributed by atoms with Gasteiger partial charge in [0.1, 0.15) is 5.92 Å². The Bertz CT molecular complexity index is 351. The summed E-state index contributed by atoms with van der Waals surface area (Å²) in [5.41, 5.74) is 0. The number of carbonyl (C=O) groups is 1. The summed E-state index contributed by atoms with van der Waals surface area (Å²) in [6.45, 7) is 4.26. The molecule has 0 spiro atoms. The number of thiophene rings is 1. The number of rotatable bonds is 4. The number of carbonyl (C=O) groups excluding carboxylic acids is 1. The number of nitrogens with one attached hydrogen (secondary N) is 1. The second-order valence-electron chi connectivity index (χ2n) is 3.65. The zero-order chi connectivity index (χ0) is 11.3. The Kier molecular flexibility index (Phi) is 4.32. The lowest BCUT2D eigenvalue weighted by molar-refractivity contribution is -0.124. The lowest BCUT2D eigenvalue weighted by atomic mass is 9.97. The fourth-order valence-electron chi connectivity index (χ4n) is 1.21. The van der Waals surface area contributed by atoms with Crippen LogP contribution in [0.15, 0.2) is 17.5 Å². The van der Waals surface area contributed by atoms with Crippen LogP contribution >= 0.6 is 11.3 Å². The Labute approximate surface area is 93.7 Å². The molecule has 1 atom stereocenters. The highest BCUT2D eigenvalue weighted by molar-refractivity contribution is 7.09. The monoisotopic (exact) mass is 222 g/mol. The van der Waals surface area contributed by atoms with Crippen molar-refractivity contribution >= 4 is 17.2 Å². The zero-order valence-electron chi connectivity index (χ0n) is 8.86. The molecule has 1 heterocycles. The number of hydrogen-bond donors (Lipinski definition) is 1. The summed E-state index contributed by atoms with van der Waals surface area (Å²) in [5, 5.41) is 13.5. The first-order valence-electron chi connectivity index (χ1n) is 4.85. The van der Waals surface area contributed by atoms with Gasteiger partial charge in [-0.05, 0) is 17.4 Å². The summed E-state index contributed by atoms with van der Waals surface area (Å²) < 4.78 is 0. The van der Waals surface area contributed by atoms with Crippen molar-refractivity contribution in [2.24, 2.45) is 11.8 Å². The second-order valence-corrected chi connectivity index (χ2v) is 4.68. The molecule has 0 saturated carbocycles. The molecule has 3 nitrogen and oxygen atoms in total. The Morgan fingerprint density at radius 2 is 2.40 bits per heavy atom. The Morgan fingerprint density at radius 3 is 2.87 bits per heavy atom. The third-order valence-electron chi connectivity index (χ3n) is 2.11. The maximum Gasteiger partial charge on any atom is 0.237 e. The third-order valence-corrected chi connectivity index (χ3v) is 2.98. The van der Waals surface area contributed by atoms with E-state index in [0.717, 1.165) is 4.88 Å². The number of nitriles is 1. The first-order chi connectivity index (χ1) is 7.15. The number of hydrogen-bond acceptors (Lipinski definition) is 3. The van der Waals surface area contributed by atoms with Crippen molar-refractivity contribution in [1.82, 2.24) is 5.32 Å². The van der Waals surface area contributed by atoms with Crippen molar-refractivity contribution in [3.8, 4) is 6.07 Å². The quantitative estimate of drug-likeness (QED) is 0.848. The van der Waals surface area contributed by atoms with E-state index in [1.165, 1.54) is 0 Å². The van der Waals surface area contributed by atoms with E-state index in [0.29, 0.717) is 6.54 Å². The van der Waals surface area contributed by atoms with Crippen molar-refractivity contribution in [1.29, 1.82) is 5.26 Å². The van der Waals surface area contributed by atoms with Gasteiger partial charge in [-0.25, -0.2) is 0 Å². The number of nitrogens with zero attached hydrogens (tertiary/aromatic N) is 1. The minimum atomic E-state index is -0.551. The molecule has 1 aromatic heterocycles. The van der Waals surface area contributed by atoms with Crippen LogP contribution in [0.1, 0.15) is 18.7 Å². The Morgan fingerprint density at radius 1 is 1.67 bits per heavy atom. The minimum Gasteiger partial charge on any atom is -0.350 e. The van der Waals surface area contributed by atoms with Crippen molar-refractivity contribution in [2.45, 2.75) is 20.4 Å². The number of amides is 1. The molecule has 1 amide bonds. The van der Waals surface area contributed by atoms with Gasteiger partial charge in [-0.15, -0.1) is 11.3 Å². The SMILES string of the molecule is CC(C)C(C#N)C(=O)NCc1cccs1. The molecule has 1 rings (SSSR count). The topological polar surface area (TPSA) is 52.9 Å². The van der Waals surface area contributed by atoms with Crippen molar-refractivity contribution < 1.29 is 4.79 Å². The molecule has 0 aliphatic rings. The summed E-state index contributed by atoms with van der Waals surface area (Å²) >= 11 is 1.59. The minimum absolute atomic E-state index is 0.0540. The molecule has 0 aliphatic heterocycles. The molecular weight excluding hydrogens is 208 g/mol. The van der Waals surface area contributed by atoms with Gasteiger partial charge in [0, 0.05) is 4.88 Å². The standard InChI is InChI=1S/C11H14N2OS/c1-8(2)10(6-12)11(14)13-7-9-4-3-5-15-9/h3-5,8,10H,7H2,1-2H3,(H,13,14). The van der Waals surface area contributed by atoms with Crippen LogP contribution in [0, 0.1) is 23.2 Å². The molecule has 0 aliphatic carbocycles. The first kappa shape index (κ1) is 11.7. The summed E-state index contributed by atoms with van der Waals surface area (Å²) in [7, 11) is 0. The lowest BCUT2D eigenvalue weighted by Crippen LogP contribution is -2.32. The van der Waals surface area contributed by atoms with Crippen LogP contribution in [0.2, 0.25) is 0 Å². The molecule has 0 radical (unpaired) electrons. The van der Waals surface area contributed by atoms with Crippen LogP contribution < -0.4 is 5.32 Å². The summed E-state index contributed by atoms with van der Waals surface area (Å²) in [6, 6.07) is 5.92. The van der Waals surface area contributed by atoms with Gasteiger partial charge >= 0.3 is 0 Å². The molecule has 80 valence electrons. The predicted molar refractivity (Wildman–Crippen MR) is 60.1 cm³/mol. The van der Waals surface area contributed by atoms with Crippen LogP contribution in [-0.4, -0.2) is 5.91 Å². The average Bonchev–Trinajstić information content (AvgIpc) is 2.67. The summed E-state index contributed by atoms with van der Waals surface area (Å²) in [4.78, 5) is 12.7. The highest BCUT2D eigenvalue weighted by Gasteiger charge is 2.20. The van der Waals surface area contributed by atoms with Gasteiger partial charge in [0.05, 0.1) is 12.6 Å². The first-order valence-corrected chi connectivity index (χ1v) is 5.73. The highest BCUT2D eigenvalue weighted by atomic mass is 32.1. The molecule has 0 bridgehead atoms. The smallest absolute Gasteiger partial charge is 0.237 e. The van der Waals surface area contributed by atoms with Gasteiger partial charge in [0.2, 0.25) is 5.91 Å². The molecule has 0 aromatic carbocycles. The largest absolute Gasteiger partial charge is 0.350 e. The lowest BCUT2D eigenvalue weighted by Gasteiger charge is -2.12. The Balaban J connectivity index is 2.46. The zero-order valence-corrected chi connectivity index (χ0v) is 9.67. The van der Waals surface area contributed by atoms with Crippen LogP contribution in [0.3, 0.4) is 0 Å². The third kappa shape index (κ3) is 3.37. The van der Waals surface area contributed by atoms with Gasteiger partial charge in [-0.3, -0.25) is 4.79 Å². The van der Waals surface area contributed by atoms with Crippen LogP contribution in [-0.2, 0) is 11.3 Å². The van der Waals surface area contributed by atoms with Gasteiger partial charge in [0.25, 0.3) is 0 Å². The molecular formula is C11H14N2OS. The molecule has 1 aromatic rings. The predicted octanol–water partition coefficient (Wildman–Crippen LogP) is 2.16.